The number of benzene rings is 2. The van der Waals surface area contributed by atoms with Gasteiger partial charge in [-0.25, -0.2) is 0 Å². The van der Waals surface area contributed by atoms with Gasteiger partial charge in [0.05, 0.1) is 6.10 Å². The molecule has 2 aromatic carbocycles. The van der Waals surface area contributed by atoms with E-state index in [0.29, 0.717) is 10.3 Å². The molecular weight excluding hydrogens is 300 g/mol. The maximum atomic E-state index is 10.4. The Bertz CT molecular complexity index is 550. The Morgan fingerprint density at radius 2 is 1.67 bits per heavy atom. The van der Waals surface area contributed by atoms with E-state index < -0.39 is 6.10 Å². The molecule has 0 amide bonds. The molecule has 0 aliphatic rings. The molecule has 0 heterocycles. The van der Waals surface area contributed by atoms with Crippen molar-refractivity contribution in [1.82, 2.24) is 0 Å². The van der Waals surface area contributed by atoms with E-state index in [9.17, 15) is 5.11 Å². The summed E-state index contributed by atoms with van der Waals surface area (Å²) < 4.78 is 0. The van der Waals surface area contributed by atoms with Crippen LogP contribution in [0.5, 0.6) is 0 Å². The summed E-state index contributed by atoms with van der Waals surface area (Å²) in [6, 6.07) is 16.0. The van der Waals surface area contributed by atoms with Gasteiger partial charge in [-0.15, -0.1) is 11.8 Å². The quantitative estimate of drug-likeness (QED) is 0.695. The Morgan fingerprint density at radius 1 is 1.05 bits per heavy atom. The van der Waals surface area contributed by atoms with E-state index in [2.05, 4.69) is 38.1 Å². The maximum Gasteiger partial charge on any atom is 0.0800 e. The molecule has 0 radical (unpaired) electrons. The highest BCUT2D eigenvalue weighted by Gasteiger charge is 2.16. The van der Waals surface area contributed by atoms with Crippen LogP contribution >= 0.6 is 23.4 Å². The molecule has 1 N–H and O–H groups in total. The van der Waals surface area contributed by atoms with Crippen molar-refractivity contribution in [3.63, 3.8) is 0 Å². The van der Waals surface area contributed by atoms with Crippen molar-refractivity contribution in [2.24, 2.45) is 0 Å². The molecule has 0 aliphatic carbocycles. The van der Waals surface area contributed by atoms with Gasteiger partial charge >= 0.3 is 0 Å². The van der Waals surface area contributed by atoms with E-state index in [-0.39, 0.29) is 0 Å². The normalized spacial score (nSPS) is 13.9. The van der Waals surface area contributed by atoms with Gasteiger partial charge in [0.2, 0.25) is 0 Å². The third kappa shape index (κ3) is 5.06. The van der Waals surface area contributed by atoms with E-state index in [0.717, 1.165) is 18.4 Å². The van der Waals surface area contributed by atoms with Crippen LogP contribution in [0, 0.1) is 6.92 Å². The molecule has 0 saturated carbocycles. The zero-order valence-electron chi connectivity index (χ0n) is 12.4. The van der Waals surface area contributed by atoms with Gasteiger partial charge in [-0.05, 0) is 49.6 Å². The summed E-state index contributed by atoms with van der Waals surface area (Å²) >= 11 is 7.72. The maximum absolute atomic E-state index is 10.4. The first-order valence-electron chi connectivity index (χ1n) is 7.25. The topological polar surface area (TPSA) is 20.2 Å². The molecule has 0 bridgehead atoms. The van der Waals surface area contributed by atoms with Crippen LogP contribution in [0.3, 0.4) is 0 Å². The SMILES string of the molecule is CCC(CC(O)c1ccc(Cl)cc1)Sc1ccc(C)cc1. The second kappa shape index (κ2) is 7.88. The summed E-state index contributed by atoms with van der Waals surface area (Å²) in [5.41, 5.74) is 2.20. The van der Waals surface area contributed by atoms with E-state index >= 15 is 0 Å². The van der Waals surface area contributed by atoms with Crippen molar-refractivity contribution < 1.29 is 5.11 Å². The predicted octanol–water partition coefficient (Wildman–Crippen LogP) is 5.64. The molecule has 2 rings (SSSR count). The van der Waals surface area contributed by atoms with E-state index in [1.54, 1.807) is 0 Å². The standard InChI is InChI=1S/C18H21ClOS/c1-3-16(21-17-10-4-13(2)5-11-17)12-18(20)14-6-8-15(19)9-7-14/h4-11,16,18,20H,3,12H2,1-2H3. The number of thioether (sulfide) groups is 1. The van der Waals surface area contributed by atoms with Crippen LogP contribution in [0.2, 0.25) is 5.02 Å². The highest BCUT2D eigenvalue weighted by atomic mass is 35.5. The third-order valence-electron chi connectivity index (χ3n) is 3.52. The molecule has 2 unspecified atom stereocenters. The molecule has 21 heavy (non-hydrogen) atoms. The Morgan fingerprint density at radius 3 is 2.24 bits per heavy atom. The lowest BCUT2D eigenvalue weighted by molar-refractivity contribution is 0.166. The van der Waals surface area contributed by atoms with Crippen molar-refractivity contribution in [2.75, 3.05) is 0 Å². The molecule has 3 heteroatoms. The minimum Gasteiger partial charge on any atom is -0.388 e. The lowest BCUT2D eigenvalue weighted by atomic mass is 10.0. The zero-order chi connectivity index (χ0) is 15.2. The molecule has 0 aromatic heterocycles. The van der Waals surface area contributed by atoms with Crippen molar-refractivity contribution in [3.8, 4) is 0 Å². The highest BCUT2D eigenvalue weighted by Crippen LogP contribution is 2.32. The van der Waals surface area contributed by atoms with Gasteiger partial charge in [0, 0.05) is 15.2 Å². The van der Waals surface area contributed by atoms with Gasteiger partial charge in [-0.3, -0.25) is 0 Å². The van der Waals surface area contributed by atoms with E-state index in [1.165, 1.54) is 10.5 Å². The Balaban J connectivity index is 1.98. The van der Waals surface area contributed by atoms with Gasteiger partial charge in [0.15, 0.2) is 0 Å². The van der Waals surface area contributed by atoms with Gasteiger partial charge in [0.1, 0.15) is 0 Å². The summed E-state index contributed by atoms with van der Waals surface area (Å²) in [6.45, 7) is 4.26. The summed E-state index contributed by atoms with van der Waals surface area (Å²) in [4.78, 5) is 1.26. The fourth-order valence-electron chi connectivity index (χ4n) is 2.18. The minimum atomic E-state index is -0.440. The monoisotopic (exact) mass is 320 g/mol. The lowest BCUT2D eigenvalue weighted by Crippen LogP contribution is -2.08. The van der Waals surface area contributed by atoms with Crippen LogP contribution in [0.1, 0.15) is 37.0 Å². The molecule has 0 aliphatic heterocycles. The minimum absolute atomic E-state index is 0.401. The van der Waals surface area contributed by atoms with E-state index in [4.69, 9.17) is 11.6 Å². The van der Waals surface area contributed by atoms with Crippen LogP contribution in [-0.2, 0) is 0 Å². The molecule has 0 spiro atoms. The van der Waals surface area contributed by atoms with Crippen LogP contribution < -0.4 is 0 Å². The Kier molecular flexibility index (Phi) is 6.16. The number of hydrogen-bond acceptors (Lipinski definition) is 2. The fraction of sp³-hybridized carbons (Fsp3) is 0.333. The average molecular weight is 321 g/mol. The van der Waals surface area contributed by atoms with Crippen molar-refractivity contribution in [1.29, 1.82) is 0 Å². The van der Waals surface area contributed by atoms with E-state index in [1.807, 2.05) is 36.0 Å². The number of aryl methyl sites for hydroxylation is 1. The summed E-state index contributed by atoms with van der Waals surface area (Å²) in [5.74, 6) is 0. The number of halogens is 1. The molecule has 112 valence electrons. The number of rotatable bonds is 6. The fourth-order valence-corrected chi connectivity index (χ4v) is 3.43. The molecule has 2 aromatic rings. The first-order chi connectivity index (χ1) is 10.1. The molecular formula is C18H21ClOS. The zero-order valence-corrected chi connectivity index (χ0v) is 14.0. The number of hydrogen-bond donors (Lipinski definition) is 1. The van der Waals surface area contributed by atoms with Gasteiger partial charge in [-0.1, -0.05) is 48.4 Å². The van der Waals surface area contributed by atoms with Crippen LogP contribution in [0.25, 0.3) is 0 Å². The van der Waals surface area contributed by atoms with Crippen LogP contribution in [-0.4, -0.2) is 10.4 Å². The predicted molar refractivity (Wildman–Crippen MR) is 92.1 cm³/mol. The van der Waals surface area contributed by atoms with Crippen molar-refractivity contribution >= 4 is 23.4 Å². The Labute approximate surface area is 136 Å². The summed E-state index contributed by atoms with van der Waals surface area (Å²) in [5, 5.41) is 11.5. The molecule has 0 saturated heterocycles. The van der Waals surface area contributed by atoms with Crippen molar-refractivity contribution in [3.05, 3.63) is 64.7 Å². The highest BCUT2D eigenvalue weighted by molar-refractivity contribution is 8.00. The second-order valence-electron chi connectivity index (χ2n) is 5.26. The molecule has 0 fully saturated rings. The third-order valence-corrected chi connectivity index (χ3v) is 5.18. The van der Waals surface area contributed by atoms with Gasteiger partial charge in [-0.2, -0.15) is 0 Å². The Hall–Kier alpha value is -0.960. The first kappa shape index (κ1) is 16.4. The second-order valence-corrected chi connectivity index (χ2v) is 7.07. The largest absolute Gasteiger partial charge is 0.388 e. The number of aliphatic hydroxyl groups is 1. The summed E-state index contributed by atoms with van der Waals surface area (Å²) in [7, 11) is 0. The van der Waals surface area contributed by atoms with Crippen LogP contribution in [0.15, 0.2) is 53.4 Å². The molecule has 1 nitrogen and oxygen atoms in total. The summed E-state index contributed by atoms with van der Waals surface area (Å²) in [6.07, 6.45) is 1.34. The van der Waals surface area contributed by atoms with Gasteiger partial charge in [0.25, 0.3) is 0 Å². The van der Waals surface area contributed by atoms with Crippen molar-refractivity contribution in [2.45, 2.75) is 42.9 Å². The van der Waals surface area contributed by atoms with Gasteiger partial charge < -0.3 is 5.11 Å². The lowest BCUT2D eigenvalue weighted by Gasteiger charge is -2.19. The van der Waals surface area contributed by atoms with Crippen LogP contribution in [0.4, 0.5) is 0 Å². The molecule has 2 atom stereocenters. The first-order valence-corrected chi connectivity index (χ1v) is 8.51. The average Bonchev–Trinajstić information content (AvgIpc) is 2.49. The number of aliphatic hydroxyl groups excluding tert-OH is 1. The smallest absolute Gasteiger partial charge is 0.0800 e.